The van der Waals surface area contributed by atoms with E-state index in [4.69, 9.17) is 19.9 Å². The van der Waals surface area contributed by atoms with Crippen molar-refractivity contribution in [2.45, 2.75) is 81.8 Å². The van der Waals surface area contributed by atoms with Gasteiger partial charge in [0.15, 0.2) is 0 Å². The topological polar surface area (TPSA) is 196 Å². The van der Waals surface area contributed by atoms with Gasteiger partial charge < -0.3 is 40.1 Å². The number of ether oxygens (including phenoxy) is 3. The zero-order valence-electron chi connectivity index (χ0n) is 42.2. The quantitative estimate of drug-likeness (QED) is 0.0610. The average molecular weight is 1030 g/mol. The molecule has 3 aliphatic heterocycles. The third-order valence-corrected chi connectivity index (χ3v) is 17.4. The smallest absolute Gasteiger partial charge is 0.268 e. The summed E-state index contributed by atoms with van der Waals surface area (Å²) >= 11 is 0. The summed E-state index contributed by atoms with van der Waals surface area (Å²) in [6.45, 7) is 11.5. The second kappa shape index (κ2) is 20.5. The number of aromatic nitrogens is 4. The van der Waals surface area contributed by atoms with Gasteiger partial charge in [-0.2, -0.15) is 0 Å². The molecule has 7 aromatic rings. The summed E-state index contributed by atoms with van der Waals surface area (Å²) in [7, 11) is -2.92. The van der Waals surface area contributed by atoms with Crippen molar-refractivity contribution in [1.82, 2.24) is 34.5 Å². The summed E-state index contributed by atoms with van der Waals surface area (Å²) in [4.78, 5) is 36.2. The van der Waals surface area contributed by atoms with Crippen LogP contribution in [-0.2, 0) is 21.3 Å². The number of nitrogen functional groups attached to an aromatic ring is 1. The molecule has 6 heterocycles. The summed E-state index contributed by atoms with van der Waals surface area (Å²) in [5.74, 6) is 0.132. The van der Waals surface area contributed by atoms with Gasteiger partial charge in [-0.05, 0) is 109 Å². The van der Waals surface area contributed by atoms with Gasteiger partial charge in [-0.3, -0.25) is 14.6 Å². The van der Waals surface area contributed by atoms with Crippen LogP contribution in [-0.4, -0.2) is 110 Å². The fourth-order valence-electron chi connectivity index (χ4n) is 11.9. The van der Waals surface area contributed by atoms with E-state index in [1.165, 1.54) is 41.3 Å². The number of fused-ring (bicyclic) bond motifs is 2. The van der Waals surface area contributed by atoms with Gasteiger partial charge >= 0.3 is 0 Å². The number of imidazole rings is 1. The number of carbonyl (C=O) groups excluding carboxylic acids is 1. The molecular formula is C56H65FN10O6S. The third kappa shape index (κ3) is 9.99. The van der Waals surface area contributed by atoms with Crippen molar-refractivity contribution in [3.63, 3.8) is 0 Å². The predicted octanol–water partition coefficient (Wildman–Crippen LogP) is 9.35. The van der Waals surface area contributed by atoms with Crippen LogP contribution in [0, 0.1) is 17.2 Å². The molecule has 1 amide bonds. The zero-order valence-corrected chi connectivity index (χ0v) is 43.0. The van der Waals surface area contributed by atoms with Gasteiger partial charge in [0.2, 0.25) is 0 Å². The van der Waals surface area contributed by atoms with Crippen LogP contribution in [0.5, 0.6) is 17.2 Å². The van der Waals surface area contributed by atoms with Crippen molar-refractivity contribution in [2.24, 2.45) is 11.3 Å². The Morgan fingerprint density at radius 3 is 2.51 bits per heavy atom. The Kier molecular flexibility index (Phi) is 13.7. The van der Waals surface area contributed by atoms with Gasteiger partial charge in [-0.1, -0.05) is 50.2 Å². The Morgan fingerprint density at radius 2 is 1.74 bits per heavy atom. The van der Waals surface area contributed by atoms with Crippen LogP contribution in [0.2, 0.25) is 0 Å². The molecule has 1 aliphatic carbocycles. The van der Waals surface area contributed by atoms with Crippen LogP contribution in [0.3, 0.4) is 0 Å². The molecule has 74 heavy (non-hydrogen) atoms. The highest BCUT2D eigenvalue weighted by Crippen LogP contribution is 2.54. The van der Waals surface area contributed by atoms with Crippen LogP contribution < -0.4 is 30.1 Å². The van der Waals surface area contributed by atoms with Gasteiger partial charge in [0, 0.05) is 88.8 Å². The number of carbonyl (C=O) groups is 1. The Labute approximate surface area is 431 Å². The molecule has 16 nitrogen and oxygen atoms in total. The maximum Gasteiger partial charge on any atom is 0.268 e. The van der Waals surface area contributed by atoms with Crippen molar-refractivity contribution in [3.8, 4) is 17.2 Å². The van der Waals surface area contributed by atoms with E-state index in [-0.39, 0.29) is 50.3 Å². The van der Waals surface area contributed by atoms with Crippen molar-refractivity contribution in [3.05, 3.63) is 126 Å². The lowest BCUT2D eigenvalue weighted by atomic mass is 9.59. The van der Waals surface area contributed by atoms with Gasteiger partial charge in [0.1, 0.15) is 39.1 Å². The molecule has 4 fully saturated rings. The van der Waals surface area contributed by atoms with Crippen molar-refractivity contribution in [2.75, 3.05) is 75.5 Å². The number of anilines is 3. The SMILES string of the molecule is COc1ccc(CN2CCN(C3CC4(CCN(c5cc(Oc6cnc7[nH]ccc7c6)c(C(=O)NS(=O)(=O)c6cc(N)c(NCC7CCOCC7)c7[nH]cnc67)cc5F)CC4)C3)[C@H](c3ccccc3C(C)C)C2)cc1. The highest BCUT2D eigenvalue weighted by molar-refractivity contribution is 7.90. The van der Waals surface area contributed by atoms with E-state index < -0.39 is 21.7 Å². The first-order valence-corrected chi connectivity index (χ1v) is 27.4. The zero-order chi connectivity index (χ0) is 51.1. The summed E-state index contributed by atoms with van der Waals surface area (Å²) in [5.41, 5.74) is 12.5. The first kappa shape index (κ1) is 49.5. The Morgan fingerprint density at radius 1 is 0.959 bits per heavy atom. The summed E-state index contributed by atoms with van der Waals surface area (Å²) < 4.78 is 64.5. The van der Waals surface area contributed by atoms with Gasteiger partial charge in [-0.15, -0.1) is 0 Å². The average Bonchev–Trinajstić information content (AvgIpc) is 4.11. The van der Waals surface area contributed by atoms with Gasteiger partial charge in [0.25, 0.3) is 15.9 Å². The largest absolute Gasteiger partial charge is 0.497 e. The predicted molar refractivity (Wildman–Crippen MR) is 285 cm³/mol. The molecule has 18 heteroatoms. The van der Waals surface area contributed by atoms with Gasteiger partial charge in [-0.25, -0.2) is 27.5 Å². The molecular weight excluding hydrogens is 960 g/mol. The number of piperidine rings is 1. The first-order valence-electron chi connectivity index (χ1n) is 25.9. The molecule has 4 aliphatic rings. The van der Waals surface area contributed by atoms with Crippen LogP contribution in [0.4, 0.5) is 21.5 Å². The minimum Gasteiger partial charge on any atom is -0.497 e. The number of methoxy groups -OCH3 is 1. The monoisotopic (exact) mass is 1020 g/mol. The number of pyridine rings is 1. The molecule has 0 unspecified atom stereocenters. The number of hydrogen-bond donors (Lipinski definition) is 5. The minimum absolute atomic E-state index is 0.0225. The highest BCUT2D eigenvalue weighted by Gasteiger charge is 2.50. The van der Waals surface area contributed by atoms with Crippen LogP contribution in [0.1, 0.15) is 91.4 Å². The molecule has 3 aromatic heterocycles. The van der Waals surface area contributed by atoms with Crippen LogP contribution >= 0.6 is 0 Å². The van der Waals surface area contributed by atoms with Gasteiger partial charge in [0.05, 0.1) is 47.8 Å². The van der Waals surface area contributed by atoms with E-state index in [1.54, 1.807) is 19.4 Å². The summed E-state index contributed by atoms with van der Waals surface area (Å²) in [5, 5.41) is 4.13. The van der Waals surface area contributed by atoms with E-state index in [2.05, 4.69) is 90.0 Å². The summed E-state index contributed by atoms with van der Waals surface area (Å²) in [6.07, 6.45) is 10.3. The van der Waals surface area contributed by atoms with E-state index in [9.17, 15) is 13.2 Å². The molecule has 3 saturated heterocycles. The molecule has 1 spiro atoms. The molecule has 6 N–H and O–H groups in total. The van der Waals surface area contributed by atoms with E-state index in [1.807, 2.05) is 23.1 Å². The number of sulfonamides is 1. The molecule has 4 aromatic carbocycles. The second-order valence-electron chi connectivity index (χ2n) is 21.0. The highest BCUT2D eigenvalue weighted by atomic mass is 32.2. The number of aromatic amines is 2. The Balaban J connectivity index is 0.809. The van der Waals surface area contributed by atoms with Crippen molar-refractivity contribution >= 4 is 55.1 Å². The Hall–Kier alpha value is -6.73. The number of amides is 1. The fourth-order valence-corrected chi connectivity index (χ4v) is 13.1. The minimum atomic E-state index is -4.62. The maximum absolute atomic E-state index is 16.7. The normalized spacial score (nSPS) is 19.0. The van der Waals surface area contributed by atoms with Crippen molar-refractivity contribution < 1.29 is 31.8 Å². The lowest BCUT2D eigenvalue weighted by molar-refractivity contribution is -0.0628. The number of H-pyrrole nitrogens is 2. The molecule has 0 bridgehead atoms. The molecule has 11 rings (SSSR count). The number of nitrogens with two attached hydrogens (primary N) is 1. The molecule has 1 saturated carbocycles. The number of hydrogen-bond acceptors (Lipinski definition) is 13. The number of rotatable bonds is 15. The van der Waals surface area contributed by atoms with E-state index >= 15 is 4.39 Å². The first-order chi connectivity index (χ1) is 35.8. The molecule has 1 atom stereocenters. The lowest BCUT2D eigenvalue weighted by Crippen LogP contribution is -2.60. The standard InChI is InChI=1S/C56H65FN10O6S/c1-35(2)42-6-4-5-7-43(42)48-33-65(32-37-8-10-40(71-3)11-9-37)20-21-67(48)39-28-56(29-39)15-18-66(19-16-56)47-27-49(73-41-24-38-12-17-59-54(38)61-31-41)44(25-45(47)57)55(68)64-74(69,70)50-26-46(58)51(53-52(50)62-34-63-53)60-30-36-13-22-72-23-14-36/h4-12,17,24-27,31,34-36,39,48,60H,13-16,18-23,28-30,32-33,58H2,1-3H3,(H,59,61)(H,62,63)(H,64,68)/t48-/m0/s1. The van der Waals surface area contributed by atoms with E-state index in [0.717, 1.165) is 81.9 Å². The second-order valence-corrected chi connectivity index (χ2v) is 22.6. The van der Waals surface area contributed by atoms with Crippen LogP contribution in [0.25, 0.3) is 22.1 Å². The number of nitrogens with zero attached hydrogens (tertiary/aromatic N) is 5. The third-order valence-electron chi connectivity index (χ3n) is 16.0. The van der Waals surface area contributed by atoms with Crippen molar-refractivity contribution in [1.29, 1.82) is 0 Å². The number of benzene rings is 4. The van der Waals surface area contributed by atoms with E-state index in [0.29, 0.717) is 67.6 Å². The molecule has 388 valence electrons. The number of piperazine rings is 1. The molecule has 0 radical (unpaired) electrons. The Bertz CT molecular complexity index is 3270. The summed E-state index contributed by atoms with van der Waals surface area (Å²) in [6, 6.07) is 25.5. The maximum atomic E-state index is 16.7. The lowest BCUT2D eigenvalue weighted by Gasteiger charge is -2.58. The number of halogens is 1. The van der Waals surface area contributed by atoms with Crippen LogP contribution in [0.15, 0.2) is 102 Å². The fraction of sp³-hybridized carbons (Fsp3) is 0.411. The number of nitrogens with one attached hydrogen (secondary N) is 4.